The Morgan fingerprint density at radius 3 is 2.70 bits per heavy atom. The van der Waals surface area contributed by atoms with E-state index < -0.39 is 34.1 Å². The van der Waals surface area contributed by atoms with E-state index in [1.165, 1.54) is 17.7 Å². The van der Waals surface area contributed by atoms with Crippen molar-refractivity contribution in [1.29, 1.82) is 0 Å². The average molecular weight is 280 g/mol. The van der Waals surface area contributed by atoms with Gasteiger partial charge in [-0.15, -0.1) is 0 Å². The maximum atomic E-state index is 13.8. The molecule has 20 heavy (non-hydrogen) atoms. The third-order valence-corrected chi connectivity index (χ3v) is 3.60. The number of fused-ring (bicyclic) bond motifs is 1. The highest BCUT2D eigenvalue weighted by atomic mass is 19.1. The van der Waals surface area contributed by atoms with Gasteiger partial charge in [0.1, 0.15) is 17.4 Å². The summed E-state index contributed by atoms with van der Waals surface area (Å²) in [7, 11) is 0. The Labute approximate surface area is 111 Å². The van der Waals surface area contributed by atoms with Crippen molar-refractivity contribution in [2.75, 3.05) is 0 Å². The number of pyridine rings is 1. The van der Waals surface area contributed by atoms with Crippen LogP contribution in [0, 0.1) is 22.9 Å². The zero-order valence-electron chi connectivity index (χ0n) is 10.5. The van der Waals surface area contributed by atoms with Gasteiger partial charge in [-0.05, 0) is 6.92 Å². The second-order valence-electron chi connectivity index (χ2n) is 4.89. The maximum absolute atomic E-state index is 13.8. The molecule has 1 aliphatic carbocycles. The first kappa shape index (κ1) is 12.7. The zero-order valence-corrected chi connectivity index (χ0v) is 10.5. The Hall–Kier alpha value is -2.31. The molecule has 1 aromatic heterocycles. The van der Waals surface area contributed by atoms with E-state index in [9.17, 15) is 23.7 Å². The summed E-state index contributed by atoms with van der Waals surface area (Å²) in [5.74, 6) is -0.778. The zero-order chi connectivity index (χ0) is 14.6. The van der Waals surface area contributed by atoms with Crippen molar-refractivity contribution in [1.82, 2.24) is 4.57 Å². The van der Waals surface area contributed by atoms with Gasteiger partial charge in [0.2, 0.25) is 0 Å². The lowest BCUT2D eigenvalue weighted by Crippen LogP contribution is -2.12. The standard InChI is InChI=1S/C13H10F2N2O3/c1-6-7(14)4-10(17(19)20)12-11(18)2-3-16(13(6)12)9-5-8(9)15/h2-4,8-9H,5H2,1H3/t8-,9+/m0/s1. The van der Waals surface area contributed by atoms with Crippen LogP contribution in [0.5, 0.6) is 0 Å². The Bertz CT molecular complexity index is 800. The van der Waals surface area contributed by atoms with Crippen molar-refractivity contribution < 1.29 is 13.7 Å². The van der Waals surface area contributed by atoms with Gasteiger partial charge in [-0.1, -0.05) is 0 Å². The highest BCUT2D eigenvalue weighted by molar-refractivity contribution is 5.90. The van der Waals surface area contributed by atoms with E-state index in [0.717, 1.165) is 12.1 Å². The van der Waals surface area contributed by atoms with E-state index in [1.54, 1.807) is 0 Å². The quantitative estimate of drug-likeness (QED) is 0.627. The molecule has 104 valence electrons. The van der Waals surface area contributed by atoms with Crippen LogP contribution in [0.2, 0.25) is 0 Å². The average Bonchev–Trinajstić information content (AvgIpc) is 3.10. The predicted molar refractivity (Wildman–Crippen MR) is 68.1 cm³/mol. The molecule has 1 aliphatic rings. The molecule has 1 aromatic carbocycles. The van der Waals surface area contributed by atoms with E-state index in [2.05, 4.69) is 0 Å². The first-order chi connectivity index (χ1) is 9.41. The van der Waals surface area contributed by atoms with Gasteiger partial charge in [0.25, 0.3) is 5.69 Å². The number of aryl methyl sites for hydroxylation is 1. The Balaban J connectivity index is 2.48. The molecule has 0 aliphatic heterocycles. The van der Waals surface area contributed by atoms with Crippen LogP contribution >= 0.6 is 0 Å². The van der Waals surface area contributed by atoms with Crippen LogP contribution in [0.4, 0.5) is 14.5 Å². The van der Waals surface area contributed by atoms with Crippen LogP contribution in [0.1, 0.15) is 18.0 Å². The molecule has 2 aromatic rings. The summed E-state index contributed by atoms with van der Waals surface area (Å²) < 4.78 is 28.5. The summed E-state index contributed by atoms with van der Waals surface area (Å²) in [6.07, 6.45) is 0.565. The molecule has 5 nitrogen and oxygen atoms in total. The monoisotopic (exact) mass is 280 g/mol. The normalized spacial score (nSPS) is 21.1. The highest BCUT2D eigenvalue weighted by Gasteiger charge is 2.40. The minimum atomic E-state index is -1.07. The molecular formula is C13H10F2N2O3. The fourth-order valence-electron chi connectivity index (χ4n) is 2.45. The second kappa shape index (κ2) is 4.09. The Morgan fingerprint density at radius 1 is 1.50 bits per heavy atom. The number of benzene rings is 1. The summed E-state index contributed by atoms with van der Waals surface area (Å²) in [6.45, 7) is 1.42. The van der Waals surface area contributed by atoms with E-state index in [0.29, 0.717) is 0 Å². The van der Waals surface area contributed by atoms with Gasteiger partial charge in [0.15, 0.2) is 5.43 Å². The highest BCUT2D eigenvalue weighted by Crippen LogP contribution is 2.41. The van der Waals surface area contributed by atoms with Crippen molar-refractivity contribution in [3.63, 3.8) is 0 Å². The lowest BCUT2D eigenvalue weighted by atomic mass is 10.1. The molecule has 0 amide bonds. The molecule has 1 heterocycles. The number of non-ortho nitro benzene ring substituents is 1. The first-order valence-electron chi connectivity index (χ1n) is 6.04. The summed E-state index contributed by atoms with van der Waals surface area (Å²) >= 11 is 0. The number of nitrogens with zero attached hydrogens (tertiary/aromatic N) is 2. The molecule has 2 atom stereocenters. The molecule has 7 heteroatoms. The molecule has 0 radical (unpaired) electrons. The molecule has 0 saturated heterocycles. The van der Waals surface area contributed by atoms with Crippen LogP contribution in [0.25, 0.3) is 10.9 Å². The molecule has 0 spiro atoms. The van der Waals surface area contributed by atoms with E-state index >= 15 is 0 Å². The van der Waals surface area contributed by atoms with Crippen LogP contribution in [0.15, 0.2) is 23.1 Å². The van der Waals surface area contributed by atoms with Crippen molar-refractivity contribution in [3.05, 3.63) is 50.0 Å². The number of nitro groups is 1. The first-order valence-corrected chi connectivity index (χ1v) is 6.04. The van der Waals surface area contributed by atoms with Crippen LogP contribution in [0.3, 0.4) is 0 Å². The third-order valence-electron chi connectivity index (χ3n) is 3.60. The largest absolute Gasteiger partial charge is 0.341 e. The fourth-order valence-corrected chi connectivity index (χ4v) is 2.45. The minimum absolute atomic E-state index is 0.106. The third kappa shape index (κ3) is 1.70. The van der Waals surface area contributed by atoms with E-state index in [1.807, 2.05) is 0 Å². The van der Waals surface area contributed by atoms with Crippen molar-refractivity contribution in [2.24, 2.45) is 0 Å². The van der Waals surface area contributed by atoms with Crippen molar-refractivity contribution in [3.8, 4) is 0 Å². The van der Waals surface area contributed by atoms with Gasteiger partial charge >= 0.3 is 0 Å². The van der Waals surface area contributed by atoms with Gasteiger partial charge in [0.05, 0.1) is 22.5 Å². The number of nitro benzene ring substituents is 1. The van der Waals surface area contributed by atoms with Crippen LogP contribution < -0.4 is 5.43 Å². The summed E-state index contributed by atoms with van der Waals surface area (Å²) in [5.41, 5.74) is -0.933. The van der Waals surface area contributed by atoms with Crippen molar-refractivity contribution >= 4 is 16.6 Å². The predicted octanol–water partition coefficient (Wildman–Crippen LogP) is 2.64. The maximum Gasteiger partial charge on any atom is 0.285 e. The van der Waals surface area contributed by atoms with Crippen LogP contribution in [-0.2, 0) is 0 Å². The lowest BCUT2D eigenvalue weighted by Gasteiger charge is -2.12. The van der Waals surface area contributed by atoms with Gasteiger partial charge < -0.3 is 4.57 Å². The molecular weight excluding hydrogens is 270 g/mol. The van der Waals surface area contributed by atoms with E-state index in [4.69, 9.17) is 0 Å². The number of aromatic nitrogens is 1. The van der Waals surface area contributed by atoms with Crippen LogP contribution in [-0.4, -0.2) is 15.7 Å². The summed E-state index contributed by atoms with van der Waals surface area (Å²) in [4.78, 5) is 22.1. The number of hydrogen-bond acceptors (Lipinski definition) is 3. The molecule has 0 unspecified atom stereocenters. The smallest absolute Gasteiger partial charge is 0.285 e. The number of hydrogen-bond donors (Lipinski definition) is 0. The molecule has 0 N–H and O–H groups in total. The van der Waals surface area contributed by atoms with Crippen molar-refractivity contribution in [2.45, 2.75) is 25.6 Å². The van der Waals surface area contributed by atoms with Gasteiger partial charge in [-0.2, -0.15) is 0 Å². The SMILES string of the molecule is Cc1c(F)cc([N+](=O)[O-])c2c(=O)ccn([C@@H]3C[C@@H]3F)c12. The number of rotatable bonds is 2. The summed E-state index contributed by atoms with van der Waals surface area (Å²) in [5, 5.41) is 10.8. The molecule has 1 saturated carbocycles. The van der Waals surface area contributed by atoms with Gasteiger partial charge in [0, 0.05) is 24.2 Å². The molecule has 0 bridgehead atoms. The number of halogens is 2. The second-order valence-corrected chi connectivity index (χ2v) is 4.89. The number of alkyl halides is 1. The molecule has 3 rings (SSSR count). The Morgan fingerprint density at radius 2 is 2.15 bits per heavy atom. The lowest BCUT2D eigenvalue weighted by molar-refractivity contribution is -0.383. The summed E-state index contributed by atoms with van der Waals surface area (Å²) in [6, 6.07) is 1.40. The Kier molecular flexibility index (Phi) is 2.60. The minimum Gasteiger partial charge on any atom is -0.341 e. The van der Waals surface area contributed by atoms with E-state index in [-0.39, 0.29) is 22.9 Å². The topological polar surface area (TPSA) is 65.1 Å². The molecule has 1 fully saturated rings. The van der Waals surface area contributed by atoms with Gasteiger partial charge in [-0.25, -0.2) is 8.78 Å². The van der Waals surface area contributed by atoms with Gasteiger partial charge in [-0.3, -0.25) is 14.9 Å². The fraction of sp³-hybridized carbons (Fsp3) is 0.308.